The molecule has 1 N–H and O–H groups in total. The maximum absolute atomic E-state index is 13.2. The Hall–Kier alpha value is -2.74. The summed E-state index contributed by atoms with van der Waals surface area (Å²) in [6.07, 6.45) is 5.18. The van der Waals surface area contributed by atoms with Gasteiger partial charge < -0.3 is 19.5 Å². The first-order valence-corrected chi connectivity index (χ1v) is 8.42. The van der Waals surface area contributed by atoms with E-state index in [1.54, 1.807) is 31.7 Å². The van der Waals surface area contributed by atoms with Crippen LogP contribution in [0.15, 0.2) is 43.0 Å². The summed E-state index contributed by atoms with van der Waals surface area (Å²) in [6.45, 7) is 1.07. The zero-order chi connectivity index (χ0) is 18.5. The van der Waals surface area contributed by atoms with Crippen molar-refractivity contribution in [2.24, 2.45) is 0 Å². The molecule has 3 rings (SSSR count). The maximum Gasteiger partial charge on any atom is 0.251 e. The number of aromatic nitrogens is 2. The summed E-state index contributed by atoms with van der Waals surface area (Å²) in [5, 5.41) is 2.85. The van der Waals surface area contributed by atoms with Crippen molar-refractivity contribution in [1.29, 1.82) is 0 Å². The molecule has 2 atom stereocenters. The second-order valence-corrected chi connectivity index (χ2v) is 6.18. The molecule has 8 heteroatoms. The van der Waals surface area contributed by atoms with Crippen LogP contribution in [0.3, 0.4) is 0 Å². The Balaban J connectivity index is 1.63. The van der Waals surface area contributed by atoms with Crippen molar-refractivity contribution in [3.8, 4) is 0 Å². The molecule has 2 aromatic rings. The van der Waals surface area contributed by atoms with Crippen LogP contribution in [0.2, 0.25) is 0 Å². The van der Waals surface area contributed by atoms with Gasteiger partial charge in [0.1, 0.15) is 12.4 Å². The van der Waals surface area contributed by atoms with Gasteiger partial charge in [-0.2, -0.15) is 0 Å². The summed E-state index contributed by atoms with van der Waals surface area (Å²) in [6, 6.07) is 5.16. The molecule has 0 saturated carbocycles. The van der Waals surface area contributed by atoms with Gasteiger partial charge in [0.15, 0.2) is 6.10 Å². The maximum atomic E-state index is 13.2. The Morgan fingerprint density at radius 2 is 2.15 bits per heavy atom. The van der Waals surface area contributed by atoms with E-state index in [0.717, 1.165) is 13.0 Å². The minimum absolute atomic E-state index is 0.151. The number of likely N-dealkylation sites (N-methyl/N-ethyl adjacent to an activating group) is 1. The third kappa shape index (κ3) is 4.08. The van der Waals surface area contributed by atoms with Crippen LogP contribution in [0.25, 0.3) is 0 Å². The van der Waals surface area contributed by atoms with E-state index in [-0.39, 0.29) is 24.2 Å². The number of ether oxygens (including phenoxy) is 1. The SMILES string of the molecule is CN1C(=O)CO[C@H](C(=O)NCCCn2ccnc2)[C@H]1c1ccc(F)cc1. The van der Waals surface area contributed by atoms with Crippen LogP contribution in [0.4, 0.5) is 4.39 Å². The highest BCUT2D eigenvalue weighted by Gasteiger charge is 2.39. The third-order valence-electron chi connectivity index (χ3n) is 4.41. The molecule has 2 heterocycles. The molecule has 0 radical (unpaired) electrons. The second-order valence-electron chi connectivity index (χ2n) is 6.18. The van der Waals surface area contributed by atoms with Crippen molar-refractivity contribution < 1.29 is 18.7 Å². The lowest BCUT2D eigenvalue weighted by Crippen LogP contribution is -2.53. The molecule has 1 fully saturated rings. The van der Waals surface area contributed by atoms with E-state index in [9.17, 15) is 14.0 Å². The van der Waals surface area contributed by atoms with E-state index in [0.29, 0.717) is 12.1 Å². The monoisotopic (exact) mass is 360 g/mol. The molecule has 7 nitrogen and oxygen atoms in total. The summed E-state index contributed by atoms with van der Waals surface area (Å²) < 4.78 is 20.6. The number of imidazole rings is 1. The molecule has 0 unspecified atom stereocenters. The zero-order valence-electron chi connectivity index (χ0n) is 14.5. The van der Waals surface area contributed by atoms with Crippen LogP contribution < -0.4 is 5.32 Å². The highest BCUT2D eigenvalue weighted by atomic mass is 19.1. The fourth-order valence-electron chi connectivity index (χ4n) is 2.98. The predicted molar refractivity (Wildman–Crippen MR) is 91.5 cm³/mol. The van der Waals surface area contributed by atoms with Gasteiger partial charge in [0.2, 0.25) is 5.91 Å². The molecule has 138 valence electrons. The van der Waals surface area contributed by atoms with Gasteiger partial charge in [0.05, 0.1) is 12.4 Å². The quantitative estimate of drug-likeness (QED) is 0.784. The fraction of sp³-hybridized carbons (Fsp3) is 0.389. The molecule has 1 saturated heterocycles. The number of nitrogens with one attached hydrogen (secondary N) is 1. The normalized spacial score (nSPS) is 20.2. The molecule has 2 amide bonds. The van der Waals surface area contributed by atoms with Crippen LogP contribution in [0, 0.1) is 5.82 Å². The first kappa shape index (κ1) is 18.1. The van der Waals surface area contributed by atoms with Crippen molar-refractivity contribution >= 4 is 11.8 Å². The van der Waals surface area contributed by atoms with Crippen molar-refractivity contribution in [3.63, 3.8) is 0 Å². The van der Waals surface area contributed by atoms with Gasteiger partial charge in [0.25, 0.3) is 5.91 Å². The number of carbonyl (C=O) groups is 2. The number of benzene rings is 1. The lowest BCUT2D eigenvalue weighted by Gasteiger charge is -2.38. The van der Waals surface area contributed by atoms with Crippen LogP contribution in [0.1, 0.15) is 18.0 Å². The van der Waals surface area contributed by atoms with Crippen LogP contribution in [-0.4, -0.2) is 52.6 Å². The topological polar surface area (TPSA) is 76.5 Å². The predicted octanol–water partition coefficient (Wildman–Crippen LogP) is 1.13. The van der Waals surface area contributed by atoms with Gasteiger partial charge in [-0.15, -0.1) is 0 Å². The molecule has 1 aliphatic rings. The van der Waals surface area contributed by atoms with E-state index in [4.69, 9.17) is 4.74 Å². The van der Waals surface area contributed by atoms with Gasteiger partial charge in [-0.05, 0) is 24.1 Å². The average molecular weight is 360 g/mol. The van der Waals surface area contributed by atoms with Gasteiger partial charge in [-0.1, -0.05) is 12.1 Å². The van der Waals surface area contributed by atoms with Crippen molar-refractivity contribution in [1.82, 2.24) is 19.8 Å². The number of nitrogens with zero attached hydrogens (tertiary/aromatic N) is 3. The Morgan fingerprint density at radius 1 is 1.38 bits per heavy atom. The summed E-state index contributed by atoms with van der Waals surface area (Å²) in [5.41, 5.74) is 0.653. The van der Waals surface area contributed by atoms with E-state index < -0.39 is 12.1 Å². The summed E-state index contributed by atoms with van der Waals surface area (Å²) in [4.78, 5) is 30.0. The largest absolute Gasteiger partial charge is 0.356 e. The summed E-state index contributed by atoms with van der Waals surface area (Å²) >= 11 is 0. The molecule has 1 aliphatic heterocycles. The second kappa shape index (κ2) is 8.09. The van der Waals surface area contributed by atoms with Crippen molar-refractivity contribution in [2.75, 3.05) is 20.2 Å². The van der Waals surface area contributed by atoms with Crippen molar-refractivity contribution in [3.05, 3.63) is 54.4 Å². The molecule has 1 aromatic carbocycles. The average Bonchev–Trinajstić information content (AvgIpc) is 3.15. The van der Waals surface area contributed by atoms with Crippen LogP contribution in [0.5, 0.6) is 0 Å². The van der Waals surface area contributed by atoms with Gasteiger partial charge >= 0.3 is 0 Å². The van der Waals surface area contributed by atoms with Crippen LogP contribution >= 0.6 is 0 Å². The number of aryl methyl sites for hydroxylation is 1. The zero-order valence-corrected chi connectivity index (χ0v) is 14.5. The number of hydrogen-bond acceptors (Lipinski definition) is 4. The van der Waals surface area contributed by atoms with E-state index >= 15 is 0 Å². The Labute approximate surface area is 150 Å². The summed E-state index contributed by atoms with van der Waals surface area (Å²) in [7, 11) is 1.62. The first-order chi connectivity index (χ1) is 12.6. The van der Waals surface area contributed by atoms with Crippen LogP contribution in [-0.2, 0) is 20.9 Å². The number of halogens is 1. The van der Waals surface area contributed by atoms with E-state index in [2.05, 4.69) is 10.3 Å². The number of morpholine rings is 1. The number of hydrogen-bond donors (Lipinski definition) is 1. The van der Waals surface area contributed by atoms with E-state index in [1.165, 1.54) is 17.0 Å². The number of rotatable bonds is 6. The minimum Gasteiger partial charge on any atom is -0.356 e. The van der Waals surface area contributed by atoms with E-state index in [1.807, 2.05) is 10.8 Å². The smallest absolute Gasteiger partial charge is 0.251 e. The van der Waals surface area contributed by atoms with Gasteiger partial charge in [-0.25, -0.2) is 9.37 Å². The highest BCUT2D eigenvalue weighted by Crippen LogP contribution is 2.29. The highest BCUT2D eigenvalue weighted by molar-refractivity contribution is 5.86. The van der Waals surface area contributed by atoms with Gasteiger partial charge in [0, 0.05) is 32.5 Å². The van der Waals surface area contributed by atoms with Gasteiger partial charge in [-0.3, -0.25) is 9.59 Å². The molecule has 0 aliphatic carbocycles. The molecule has 26 heavy (non-hydrogen) atoms. The van der Waals surface area contributed by atoms with Crippen molar-refractivity contribution in [2.45, 2.75) is 25.1 Å². The Morgan fingerprint density at radius 3 is 2.85 bits per heavy atom. The molecule has 1 aromatic heterocycles. The third-order valence-corrected chi connectivity index (χ3v) is 4.41. The number of carbonyl (C=O) groups excluding carboxylic acids is 2. The summed E-state index contributed by atoms with van der Waals surface area (Å²) in [5.74, 6) is -0.882. The minimum atomic E-state index is -0.837. The number of amides is 2. The lowest BCUT2D eigenvalue weighted by molar-refractivity contribution is -0.162. The fourth-order valence-corrected chi connectivity index (χ4v) is 2.98. The molecular formula is C18H21FN4O3. The standard InChI is InChI=1S/C18H21FN4O3/c1-22-15(24)11-26-17(16(22)13-3-5-14(19)6-4-13)18(25)21-7-2-9-23-10-8-20-12-23/h3-6,8,10,12,16-17H,2,7,9,11H2,1H3,(H,21,25)/t16-,17+/m1/s1. The molecule has 0 spiro atoms. The molecule has 0 bridgehead atoms. The Bertz CT molecular complexity index is 748. The first-order valence-electron chi connectivity index (χ1n) is 8.42. The lowest BCUT2D eigenvalue weighted by atomic mass is 9.97. The molecular weight excluding hydrogens is 339 g/mol. The Kier molecular flexibility index (Phi) is 5.62.